The number of phenols is 1. The van der Waals surface area contributed by atoms with Crippen LogP contribution in [0.1, 0.15) is 6.92 Å². The summed E-state index contributed by atoms with van der Waals surface area (Å²) in [5.41, 5.74) is 0. The molecule has 0 radical (unpaired) electrons. The van der Waals surface area contributed by atoms with Gasteiger partial charge < -0.3 is 9.84 Å². The Kier molecular flexibility index (Phi) is 3.37. The molecule has 5 nitrogen and oxygen atoms in total. The number of sulfonamides is 1. The highest BCUT2D eigenvalue weighted by Crippen LogP contribution is 2.20. The molecule has 0 amide bonds. The lowest BCUT2D eigenvalue weighted by molar-refractivity contribution is 0.0102. The molecular weight excluding hydrogens is 242 g/mol. The third-order valence-corrected chi connectivity index (χ3v) is 4.56. The van der Waals surface area contributed by atoms with Crippen LogP contribution in [0.2, 0.25) is 0 Å². The van der Waals surface area contributed by atoms with Crippen molar-refractivity contribution in [3.63, 3.8) is 0 Å². The van der Waals surface area contributed by atoms with Crippen LogP contribution in [0.3, 0.4) is 0 Å². The molecule has 0 saturated carbocycles. The fraction of sp³-hybridized carbons (Fsp3) is 0.455. The molecule has 0 spiro atoms. The summed E-state index contributed by atoms with van der Waals surface area (Å²) in [6.07, 6.45) is -0.0874. The number of ether oxygens (including phenoxy) is 1. The predicted octanol–water partition coefficient (Wildman–Crippen LogP) is 0.802. The van der Waals surface area contributed by atoms with Gasteiger partial charge in [-0.25, -0.2) is 8.42 Å². The molecule has 1 saturated heterocycles. The SMILES string of the molecule is CC1CN(S(=O)(=O)c2ccc(O)cc2)CCO1. The normalized spacial score (nSPS) is 22.5. The highest BCUT2D eigenvalue weighted by molar-refractivity contribution is 7.89. The first-order valence-electron chi connectivity index (χ1n) is 5.41. The Bertz CT molecular complexity index is 483. The number of hydrogen-bond acceptors (Lipinski definition) is 4. The van der Waals surface area contributed by atoms with Gasteiger partial charge in [0.15, 0.2) is 0 Å². The lowest BCUT2D eigenvalue weighted by atomic mass is 10.3. The Balaban J connectivity index is 2.26. The Morgan fingerprint density at radius 2 is 2.00 bits per heavy atom. The molecule has 1 atom stereocenters. The van der Waals surface area contributed by atoms with E-state index in [2.05, 4.69) is 0 Å². The largest absolute Gasteiger partial charge is 0.508 e. The Morgan fingerprint density at radius 1 is 1.35 bits per heavy atom. The van der Waals surface area contributed by atoms with Gasteiger partial charge in [-0.2, -0.15) is 4.31 Å². The van der Waals surface area contributed by atoms with Crippen LogP contribution in [0.4, 0.5) is 0 Å². The lowest BCUT2D eigenvalue weighted by Crippen LogP contribution is -2.44. The molecule has 0 aromatic heterocycles. The van der Waals surface area contributed by atoms with Crippen LogP contribution in [0, 0.1) is 0 Å². The molecular formula is C11H15NO4S. The van der Waals surface area contributed by atoms with Gasteiger partial charge in [-0.3, -0.25) is 0 Å². The van der Waals surface area contributed by atoms with Gasteiger partial charge in [0.1, 0.15) is 5.75 Å². The quantitative estimate of drug-likeness (QED) is 0.851. The number of benzene rings is 1. The second-order valence-corrected chi connectivity index (χ2v) is 5.98. The van der Waals surface area contributed by atoms with Crippen LogP contribution < -0.4 is 0 Å². The van der Waals surface area contributed by atoms with Gasteiger partial charge in [-0.15, -0.1) is 0 Å². The summed E-state index contributed by atoms with van der Waals surface area (Å²) in [4.78, 5) is 0.199. The molecule has 1 heterocycles. The number of phenolic OH excluding ortho intramolecular Hbond substituents is 1. The van der Waals surface area contributed by atoms with E-state index >= 15 is 0 Å². The molecule has 2 rings (SSSR count). The zero-order valence-corrected chi connectivity index (χ0v) is 10.4. The highest BCUT2D eigenvalue weighted by Gasteiger charge is 2.28. The third-order valence-electron chi connectivity index (χ3n) is 2.68. The maximum absolute atomic E-state index is 12.2. The second-order valence-electron chi connectivity index (χ2n) is 4.04. The van der Waals surface area contributed by atoms with Crippen molar-refractivity contribution in [2.24, 2.45) is 0 Å². The molecule has 1 aromatic carbocycles. The summed E-state index contributed by atoms with van der Waals surface area (Å²) in [5, 5.41) is 9.15. The zero-order valence-electron chi connectivity index (χ0n) is 9.54. The fourth-order valence-corrected chi connectivity index (χ4v) is 3.27. The van der Waals surface area contributed by atoms with Gasteiger partial charge in [0.05, 0.1) is 17.6 Å². The highest BCUT2D eigenvalue weighted by atomic mass is 32.2. The molecule has 1 aliphatic heterocycles. The molecule has 1 unspecified atom stereocenters. The van der Waals surface area contributed by atoms with Gasteiger partial charge in [0.25, 0.3) is 0 Å². The van der Waals surface area contributed by atoms with E-state index in [-0.39, 0.29) is 16.7 Å². The van der Waals surface area contributed by atoms with Gasteiger partial charge in [0, 0.05) is 13.1 Å². The lowest BCUT2D eigenvalue weighted by Gasteiger charge is -2.30. The monoisotopic (exact) mass is 257 g/mol. The molecule has 0 aliphatic carbocycles. The zero-order chi connectivity index (χ0) is 12.5. The first kappa shape index (κ1) is 12.3. The van der Waals surface area contributed by atoms with Gasteiger partial charge in [-0.05, 0) is 31.2 Å². The molecule has 1 fully saturated rings. The molecule has 94 valence electrons. The first-order chi connectivity index (χ1) is 8.00. The summed E-state index contributed by atoms with van der Waals surface area (Å²) in [6, 6.07) is 5.56. The van der Waals surface area contributed by atoms with E-state index < -0.39 is 10.0 Å². The molecule has 1 aromatic rings. The van der Waals surface area contributed by atoms with Crippen LogP contribution in [0.15, 0.2) is 29.2 Å². The van der Waals surface area contributed by atoms with Crippen molar-refractivity contribution < 1.29 is 18.3 Å². The van der Waals surface area contributed by atoms with Crippen LogP contribution in [0.5, 0.6) is 5.75 Å². The first-order valence-corrected chi connectivity index (χ1v) is 6.85. The molecule has 1 aliphatic rings. The van der Waals surface area contributed by atoms with Gasteiger partial charge >= 0.3 is 0 Å². The maximum Gasteiger partial charge on any atom is 0.243 e. The minimum atomic E-state index is -3.47. The molecule has 0 bridgehead atoms. The smallest absolute Gasteiger partial charge is 0.243 e. The van der Waals surface area contributed by atoms with Crippen molar-refractivity contribution in [1.82, 2.24) is 4.31 Å². The maximum atomic E-state index is 12.2. The van der Waals surface area contributed by atoms with E-state index in [0.717, 1.165) is 0 Å². The summed E-state index contributed by atoms with van der Waals surface area (Å²) in [6.45, 7) is 2.99. The Morgan fingerprint density at radius 3 is 2.59 bits per heavy atom. The Hall–Kier alpha value is -1.11. The third kappa shape index (κ3) is 2.59. The second kappa shape index (κ2) is 4.64. The Labute approximate surface area is 101 Å². The number of rotatable bonds is 2. The van der Waals surface area contributed by atoms with Crippen LogP contribution in [-0.2, 0) is 14.8 Å². The average Bonchev–Trinajstić information content (AvgIpc) is 2.29. The van der Waals surface area contributed by atoms with E-state index in [1.54, 1.807) is 0 Å². The van der Waals surface area contributed by atoms with E-state index in [1.807, 2.05) is 6.92 Å². The van der Waals surface area contributed by atoms with Gasteiger partial charge in [0.2, 0.25) is 10.0 Å². The van der Waals surface area contributed by atoms with Crippen LogP contribution >= 0.6 is 0 Å². The summed E-state index contributed by atoms with van der Waals surface area (Å²) >= 11 is 0. The average molecular weight is 257 g/mol. The van der Waals surface area contributed by atoms with E-state index in [1.165, 1.54) is 28.6 Å². The number of hydrogen-bond donors (Lipinski definition) is 1. The van der Waals surface area contributed by atoms with Crippen LogP contribution in [-0.4, -0.2) is 43.6 Å². The summed E-state index contributed by atoms with van der Waals surface area (Å²) < 4.78 is 31.2. The summed E-state index contributed by atoms with van der Waals surface area (Å²) in [5.74, 6) is 0.0549. The van der Waals surface area contributed by atoms with Crippen molar-refractivity contribution >= 4 is 10.0 Å². The molecule has 6 heteroatoms. The van der Waals surface area contributed by atoms with Crippen molar-refractivity contribution in [1.29, 1.82) is 0 Å². The minimum Gasteiger partial charge on any atom is -0.508 e. The molecule has 17 heavy (non-hydrogen) atoms. The fourth-order valence-electron chi connectivity index (χ4n) is 1.77. The number of morpholine rings is 1. The standard InChI is InChI=1S/C11H15NO4S/c1-9-8-12(6-7-16-9)17(14,15)11-4-2-10(13)3-5-11/h2-5,9,13H,6-8H2,1H3. The van der Waals surface area contributed by atoms with Crippen LogP contribution in [0.25, 0.3) is 0 Å². The number of nitrogens with zero attached hydrogens (tertiary/aromatic N) is 1. The topological polar surface area (TPSA) is 66.8 Å². The van der Waals surface area contributed by atoms with E-state index in [0.29, 0.717) is 19.7 Å². The van der Waals surface area contributed by atoms with Crippen molar-refractivity contribution in [3.05, 3.63) is 24.3 Å². The molecule has 1 N–H and O–H groups in total. The van der Waals surface area contributed by atoms with Crippen molar-refractivity contribution in [3.8, 4) is 5.75 Å². The number of aromatic hydroxyl groups is 1. The predicted molar refractivity (Wildman–Crippen MR) is 62.3 cm³/mol. The van der Waals surface area contributed by atoms with Gasteiger partial charge in [-0.1, -0.05) is 0 Å². The van der Waals surface area contributed by atoms with E-state index in [4.69, 9.17) is 9.84 Å². The van der Waals surface area contributed by atoms with Crippen molar-refractivity contribution in [2.45, 2.75) is 17.9 Å². The summed E-state index contributed by atoms with van der Waals surface area (Å²) in [7, 11) is -3.47. The van der Waals surface area contributed by atoms with Crippen molar-refractivity contribution in [2.75, 3.05) is 19.7 Å². The van der Waals surface area contributed by atoms with E-state index in [9.17, 15) is 8.42 Å². The minimum absolute atomic E-state index is 0.0549.